The van der Waals surface area contributed by atoms with Gasteiger partial charge in [-0.25, -0.2) is 0 Å². The molecule has 4 heteroatoms. The van der Waals surface area contributed by atoms with Crippen molar-refractivity contribution in [3.05, 3.63) is 83.4 Å². The minimum absolute atomic E-state index is 0.0516. The van der Waals surface area contributed by atoms with Crippen LogP contribution in [-0.2, 0) is 16.0 Å². The van der Waals surface area contributed by atoms with Crippen LogP contribution in [0.25, 0.3) is 0 Å². The highest BCUT2D eigenvalue weighted by molar-refractivity contribution is 5.99. The molecule has 0 saturated carbocycles. The maximum atomic E-state index is 12.5. The third kappa shape index (κ3) is 2.13. The topological polar surface area (TPSA) is 38.8 Å². The van der Waals surface area contributed by atoms with Gasteiger partial charge in [0.1, 0.15) is 6.26 Å². The van der Waals surface area contributed by atoms with Crippen LogP contribution < -0.4 is 0 Å². The number of hydrogen-bond acceptors (Lipinski definition) is 3. The summed E-state index contributed by atoms with van der Waals surface area (Å²) in [4.78, 5) is 14.1. The van der Waals surface area contributed by atoms with Gasteiger partial charge in [0.2, 0.25) is 5.88 Å². The fourth-order valence-electron chi connectivity index (χ4n) is 2.82. The number of carbonyl (C=O) groups is 1. The average molecular weight is 293 g/mol. The number of carbonyl (C=O) groups excluding carboxylic acids is 1. The summed E-state index contributed by atoms with van der Waals surface area (Å²) in [6.07, 6.45) is 11.1. The van der Waals surface area contributed by atoms with Crippen molar-refractivity contribution in [3.8, 4) is 0 Å². The maximum absolute atomic E-state index is 12.5. The molecular formula is C18H15NO3. The van der Waals surface area contributed by atoms with Crippen molar-refractivity contribution in [1.29, 1.82) is 0 Å². The zero-order valence-corrected chi connectivity index (χ0v) is 12.0. The summed E-state index contributed by atoms with van der Waals surface area (Å²) in [7, 11) is 0. The fraction of sp³-hybridized carbons (Fsp3) is 0.167. The third-order valence-electron chi connectivity index (χ3n) is 3.98. The van der Waals surface area contributed by atoms with Crippen LogP contribution in [-0.4, -0.2) is 10.8 Å². The van der Waals surface area contributed by atoms with Crippen molar-refractivity contribution in [2.45, 2.75) is 19.4 Å². The van der Waals surface area contributed by atoms with Crippen LogP contribution in [0.4, 0.5) is 0 Å². The Morgan fingerprint density at radius 3 is 2.86 bits per heavy atom. The van der Waals surface area contributed by atoms with Gasteiger partial charge in [0.15, 0.2) is 12.0 Å². The largest absolute Gasteiger partial charge is 0.463 e. The zero-order chi connectivity index (χ0) is 14.9. The average Bonchev–Trinajstić information content (AvgIpc) is 2.93. The number of rotatable bonds is 2. The van der Waals surface area contributed by atoms with Gasteiger partial charge in [0.25, 0.3) is 5.91 Å². The first-order valence-corrected chi connectivity index (χ1v) is 7.32. The molecular weight excluding hydrogens is 278 g/mol. The Hall–Kier alpha value is -2.75. The second-order valence-corrected chi connectivity index (χ2v) is 5.38. The smallest absolute Gasteiger partial charge is 0.261 e. The third-order valence-corrected chi connectivity index (χ3v) is 3.98. The molecule has 3 aliphatic rings. The van der Waals surface area contributed by atoms with Gasteiger partial charge in [-0.1, -0.05) is 36.4 Å². The quantitative estimate of drug-likeness (QED) is 0.836. The molecule has 1 aromatic rings. The van der Waals surface area contributed by atoms with E-state index < -0.39 is 0 Å². The van der Waals surface area contributed by atoms with E-state index in [4.69, 9.17) is 9.47 Å². The van der Waals surface area contributed by atoms with Gasteiger partial charge >= 0.3 is 0 Å². The Labute approximate surface area is 128 Å². The molecule has 0 spiro atoms. The van der Waals surface area contributed by atoms with Crippen LogP contribution in [0, 0.1) is 0 Å². The first-order chi connectivity index (χ1) is 10.8. The Morgan fingerprint density at radius 1 is 1.14 bits per heavy atom. The highest BCUT2D eigenvalue weighted by Crippen LogP contribution is 2.32. The van der Waals surface area contributed by atoms with Gasteiger partial charge in [0.05, 0.1) is 6.54 Å². The molecule has 1 aromatic carbocycles. The SMILES string of the molecule is O=C1c2ccccc2CN1C1=COC=C(C2=CC=CCC2)O1. The Bertz CT molecular complexity index is 755. The van der Waals surface area contributed by atoms with E-state index in [9.17, 15) is 4.79 Å². The van der Waals surface area contributed by atoms with Crippen LogP contribution in [0.3, 0.4) is 0 Å². The van der Waals surface area contributed by atoms with Gasteiger partial charge in [-0.2, -0.15) is 0 Å². The van der Waals surface area contributed by atoms with E-state index in [1.54, 1.807) is 11.2 Å². The fourth-order valence-corrected chi connectivity index (χ4v) is 2.82. The minimum Gasteiger partial charge on any atom is -0.463 e. The van der Waals surface area contributed by atoms with E-state index in [2.05, 4.69) is 6.08 Å². The second kappa shape index (κ2) is 5.22. The molecule has 0 bridgehead atoms. The van der Waals surface area contributed by atoms with E-state index in [0.29, 0.717) is 18.2 Å². The lowest BCUT2D eigenvalue weighted by Crippen LogP contribution is -2.26. The number of ether oxygens (including phenoxy) is 2. The maximum Gasteiger partial charge on any atom is 0.261 e. The van der Waals surface area contributed by atoms with Gasteiger partial charge in [-0.05, 0) is 30.0 Å². The lowest BCUT2D eigenvalue weighted by molar-refractivity contribution is 0.0672. The van der Waals surface area contributed by atoms with E-state index >= 15 is 0 Å². The van der Waals surface area contributed by atoms with Crippen LogP contribution in [0.2, 0.25) is 0 Å². The Kier molecular flexibility index (Phi) is 3.07. The first-order valence-electron chi connectivity index (χ1n) is 7.32. The zero-order valence-electron chi connectivity index (χ0n) is 12.0. The lowest BCUT2D eigenvalue weighted by atomic mass is 10.0. The summed E-state index contributed by atoms with van der Waals surface area (Å²) in [6.45, 7) is 0.510. The predicted molar refractivity (Wildman–Crippen MR) is 81.1 cm³/mol. The van der Waals surface area contributed by atoms with Crippen LogP contribution >= 0.6 is 0 Å². The highest BCUT2D eigenvalue weighted by Gasteiger charge is 2.32. The molecule has 0 atom stereocenters. The molecule has 1 amide bonds. The summed E-state index contributed by atoms with van der Waals surface area (Å²) < 4.78 is 11.3. The number of hydrogen-bond donors (Lipinski definition) is 0. The second-order valence-electron chi connectivity index (χ2n) is 5.38. The number of fused-ring (bicyclic) bond motifs is 1. The molecule has 0 saturated heterocycles. The molecule has 0 N–H and O–H groups in total. The summed E-state index contributed by atoms with van der Waals surface area (Å²) in [5.41, 5.74) is 2.81. The molecule has 110 valence electrons. The van der Waals surface area contributed by atoms with E-state index in [0.717, 1.165) is 29.5 Å². The predicted octanol–water partition coefficient (Wildman–Crippen LogP) is 3.61. The molecule has 0 aromatic heterocycles. The molecule has 0 radical (unpaired) electrons. The molecule has 2 heterocycles. The van der Waals surface area contributed by atoms with E-state index in [1.807, 2.05) is 36.4 Å². The molecule has 4 nitrogen and oxygen atoms in total. The standard InChI is InChI=1S/C18H15NO3/c20-18-15-9-5-4-8-14(15)10-19(18)17-12-21-11-16(22-17)13-6-2-1-3-7-13/h1-2,4-6,8-9,11-12H,3,7,10H2. The summed E-state index contributed by atoms with van der Waals surface area (Å²) in [5.74, 6) is 1.06. The summed E-state index contributed by atoms with van der Waals surface area (Å²) in [6, 6.07) is 7.61. The van der Waals surface area contributed by atoms with Crippen molar-refractivity contribution in [3.63, 3.8) is 0 Å². The van der Waals surface area contributed by atoms with Gasteiger partial charge < -0.3 is 9.47 Å². The Balaban J connectivity index is 1.56. The number of benzene rings is 1. The van der Waals surface area contributed by atoms with Gasteiger partial charge in [-0.3, -0.25) is 9.69 Å². The normalized spacial score (nSPS) is 19.7. The lowest BCUT2D eigenvalue weighted by Gasteiger charge is -2.24. The Morgan fingerprint density at radius 2 is 2.05 bits per heavy atom. The molecule has 22 heavy (non-hydrogen) atoms. The van der Waals surface area contributed by atoms with Crippen molar-refractivity contribution in [1.82, 2.24) is 4.90 Å². The van der Waals surface area contributed by atoms with Crippen molar-refractivity contribution < 1.29 is 14.3 Å². The molecule has 0 unspecified atom stereocenters. The van der Waals surface area contributed by atoms with Gasteiger partial charge in [0, 0.05) is 5.56 Å². The molecule has 0 fully saturated rings. The highest BCUT2D eigenvalue weighted by atomic mass is 16.6. The number of amides is 1. The molecule has 2 aliphatic heterocycles. The van der Waals surface area contributed by atoms with Crippen molar-refractivity contribution in [2.24, 2.45) is 0 Å². The van der Waals surface area contributed by atoms with E-state index in [1.165, 1.54) is 6.26 Å². The van der Waals surface area contributed by atoms with Crippen LogP contribution in [0.5, 0.6) is 0 Å². The number of nitrogens with zero attached hydrogens (tertiary/aromatic N) is 1. The van der Waals surface area contributed by atoms with Crippen molar-refractivity contribution in [2.75, 3.05) is 0 Å². The molecule has 1 aliphatic carbocycles. The first kappa shape index (κ1) is 13.0. The molecule has 4 rings (SSSR count). The van der Waals surface area contributed by atoms with Gasteiger partial charge in [-0.15, -0.1) is 0 Å². The minimum atomic E-state index is -0.0516. The summed E-state index contributed by atoms with van der Waals surface area (Å²) >= 11 is 0. The summed E-state index contributed by atoms with van der Waals surface area (Å²) in [5, 5.41) is 0. The van der Waals surface area contributed by atoms with Crippen LogP contribution in [0.15, 0.2) is 72.2 Å². The van der Waals surface area contributed by atoms with Crippen molar-refractivity contribution >= 4 is 5.91 Å². The van der Waals surface area contributed by atoms with E-state index in [-0.39, 0.29) is 5.91 Å². The number of allylic oxidation sites excluding steroid dienone is 4. The van der Waals surface area contributed by atoms with Crippen LogP contribution in [0.1, 0.15) is 28.8 Å². The monoisotopic (exact) mass is 293 g/mol.